The summed E-state index contributed by atoms with van der Waals surface area (Å²) < 4.78 is 0. The molecule has 0 bridgehead atoms. The highest BCUT2D eigenvalue weighted by Gasteiger charge is 2.25. The topological polar surface area (TPSA) is 20.3 Å². The van der Waals surface area contributed by atoms with Gasteiger partial charge in [-0.05, 0) is 37.5 Å². The van der Waals surface area contributed by atoms with Gasteiger partial charge >= 0.3 is 0 Å². The van der Waals surface area contributed by atoms with E-state index >= 15 is 0 Å². The molecule has 1 amide bonds. The van der Waals surface area contributed by atoms with Gasteiger partial charge in [-0.1, -0.05) is 42.7 Å². The zero-order valence-corrected chi connectivity index (χ0v) is 13.8. The summed E-state index contributed by atoms with van der Waals surface area (Å²) in [5.41, 5.74) is 1.10. The minimum atomic E-state index is -0.130. The van der Waals surface area contributed by atoms with Gasteiger partial charge in [-0.25, -0.2) is 0 Å². The Morgan fingerprint density at radius 1 is 1.33 bits per heavy atom. The lowest BCUT2D eigenvalue weighted by molar-refractivity contribution is -0.128. The maximum Gasteiger partial charge on any atom is 0.246 e. The molecule has 0 aromatic heterocycles. The number of nitrogens with zero attached hydrogens (tertiary/aromatic N) is 1. The highest BCUT2D eigenvalue weighted by Crippen LogP contribution is 2.25. The SMILES string of the molecule is CC(Cl)/C=C/C(=O)N(Cc1ccc(Cl)cc1)C1CCCC1. The van der Waals surface area contributed by atoms with E-state index in [1.54, 1.807) is 12.2 Å². The summed E-state index contributed by atoms with van der Waals surface area (Å²) in [7, 11) is 0. The number of hydrogen-bond donors (Lipinski definition) is 0. The smallest absolute Gasteiger partial charge is 0.246 e. The maximum absolute atomic E-state index is 12.5. The van der Waals surface area contributed by atoms with E-state index in [-0.39, 0.29) is 11.3 Å². The van der Waals surface area contributed by atoms with Gasteiger partial charge in [-0.3, -0.25) is 4.79 Å². The Bertz CT molecular complexity index is 490. The van der Waals surface area contributed by atoms with E-state index in [1.165, 1.54) is 12.8 Å². The molecule has 1 saturated carbocycles. The van der Waals surface area contributed by atoms with Crippen LogP contribution in [0.1, 0.15) is 38.2 Å². The van der Waals surface area contributed by atoms with Crippen molar-refractivity contribution in [2.75, 3.05) is 0 Å². The number of alkyl halides is 1. The number of carbonyl (C=O) groups is 1. The quantitative estimate of drug-likeness (QED) is 0.562. The average molecular weight is 326 g/mol. The molecule has 4 heteroatoms. The molecule has 2 rings (SSSR count). The summed E-state index contributed by atoms with van der Waals surface area (Å²) in [5, 5.41) is 0.586. The van der Waals surface area contributed by atoms with Gasteiger partial charge in [0.25, 0.3) is 0 Å². The predicted octanol–water partition coefficient (Wildman–Crippen LogP) is 4.79. The van der Waals surface area contributed by atoms with Crippen LogP contribution in [-0.2, 0) is 11.3 Å². The van der Waals surface area contributed by atoms with Crippen LogP contribution in [0.3, 0.4) is 0 Å². The lowest BCUT2D eigenvalue weighted by Crippen LogP contribution is -2.37. The first-order valence-electron chi connectivity index (χ1n) is 7.43. The number of amides is 1. The Kier molecular flexibility index (Phi) is 6.13. The Morgan fingerprint density at radius 2 is 1.95 bits per heavy atom. The molecule has 0 heterocycles. The lowest BCUT2D eigenvalue weighted by atomic mass is 10.1. The zero-order valence-electron chi connectivity index (χ0n) is 12.3. The molecule has 0 saturated heterocycles. The van der Waals surface area contributed by atoms with Gasteiger partial charge in [0.15, 0.2) is 0 Å². The Morgan fingerprint density at radius 3 is 2.52 bits per heavy atom. The van der Waals surface area contributed by atoms with Crippen molar-refractivity contribution < 1.29 is 4.79 Å². The Hall–Kier alpha value is -0.990. The molecular formula is C17H21Cl2NO. The van der Waals surface area contributed by atoms with Crippen molar-refractivity contribution in [1.82, 2.24) is 4.90 Å². The fourth-order valence-electron chi connectivity index (χ4n) is 2.70. The van der Waals surface area contributed by atoms with Crippen molar-refractivity contribution in [3.05, 3.63) is 47.0 Å². The van der Waals surface area contributed by atoms with Crippen LogP contribution in [0, 0.1) is 0 Å². The molecule has 114 valence electrons. The minimum Gasteiger partial charge on any atom is -0.332 e. The van der Waals surface area contributed by atoms with E-state index in [0.717, 1.165) is 18.4 Å². The summed E-state index contributed by atoms with van der Waals surface area (Å²) in [5.74, 6) is 0.0457. The van der Waals surface area contributed by atoms with E-state index in [1.807, 2.05) is 36.1 Å². The van der Waals surface area contributed by atoms with E-state index in [0.29, 0.717) is 17.6 Å². The number of rotatable bonds is 5. The molecule has 0 radical (unpaired) electrons. The first kappa shape index (κ1) is 16.4. The van der Waals surface area contributed by atoms with Gasteiger partial charge < -0.3 is 4.90 Å². The second-order valence-corrected chi connectivity index (χ2v) is 6.69. The van der Waals surface area contributed by atoms with Gasteiger partial charge in [0, 0.05) is 29.1 Å². The van der Waals surface area contributed by atoms with Crippen molar-refractivity contribution in [1.29, 1.82) is 0 Å². The molecular weight excluding hydrogens is 305 g/mol. The molecule has 0 N–H and O–H groups in total. The van der Waals surface area contributed by atoms with Crippen LogP contribution >= 0.6 is 23.2 Å². The summed E-state index contributed by atoms with van der Waals surface area (Å²) in [6.07, 6.45) is 7.92. The fourth-order valence-corrected chi connectivity index (χ4v) is 2.90. The standard InChI is InChI=1S/C17H21Cl2NO/c1-13(18)6-11-17(21)20(16-4-2-3-5-16)12-14-7-9-15(19)10-8-14/h6-11,13,16H,2-5,12H2,1H3/b11-6+. The fraction of sp³-hybridized carbons (Fsp3) is 0.471. The highest BCUT2D eigenvalue weighted by molar-refractivity contribution is 6.30. The van der Waals surface area contributed by atoms with Gasteiger partial charge in [0.2, 0.25) is 5.91 Å². The largest absolute Gasteiger partial charge is 0.332 e. The van der Waals surface area contributed by atoms with Crippen LogP contribution in [0.2, 0.25) is 5.02 Å². The lowest BCUT2D eigenvalue weighted by Gasteiger charge is -2.28. The monoisotopic (exact) mass is 325 g/mol. The van der Waals surface area contributed by atoms with E-state index < -0.39 is 0 Å². The molecule has 2 nitrogen and oxygen atoms in total. The number of halogens is 2. The van der Waals surface area contributed by atoms with Crippen molar-refractivity contribution in [3.63, 3.8) is 0 Å². The van der Waals surface area contributed by atoms with Crippen LogP contribution in [0.15, 0.2) is 36.4 Å². The summed E-state index contributed by atoms with van der Waals surface area (Å²) in [6, 6.07) is 8.02. The van der Waals surface area contributed by atoms with E-state index in [9.17, 15) is 4.79 Å². The number of carbonyl (C=O) groups excluding carboxylic acids is 1. The number of allylic oxidation sites excluding steroid dienone is 1. The van der Waals surface area contributed by atoms with Crippen LogP contribution in [-0.4, -0.2) is 22.2 Å². The third kappa shape index (κ3) is 5.05. The van der Waals surface area contributed by atoms with Crippen molar-refractivity contribution in [3.8, 4) is 0 Å². The van der Waals surface area contributed by atoms with Gasteiger partial charge in [-0.2, -0.15) is 0 Å². The second-order valence-electron chi connectivity index (χ2n) is 5.57. The van der Waals surface area contributed by atoms with E-state index in [2.05, 4.69) is 0 Å². The first-order valence-corrected chi connectivity index (χ1v) is 8.25. The third-order valence-electron chi connectivity index (χ3n) is 3.82. The summed E-state index contributed by atoms with van der Waals surface area (Å²) >= 11 is 11.8. The molecule has 1 atom stereocenters. The third-order valence-corrected chi connectivity index (χ3v) is 4.22. The Labute approximate surface area is 136 Å². The molecule has 1 aliphatic carbocycles. The normalized spacial score (nSPS) is 17.3. The molecule has 1 unspecified atom stereocenters. The van der Waals surface area contributed by atoms with Crippen LogP contribution in [0.4, 0.5) is 0 Å². The molecule has 21 heavy (non-hydrogen) atoms. The second kappa shape index (κ2) is 7.86. The van der Waals surface area contributed by atoms with Gasteiger partial charge in [0.1, 0.15) is 0 Å². The predicted molar refractivity (Wildman–Crippen MR) is 88.7 cm³/mol. The average Bonchev–Trinajstić information content (AvgIpc) is 2.98. The van der Waals surface area contributed by atoms with Crippen molar-refractivity contribution in [2.24, 2.45) is 0 Å². The molecule has 1 aromatic rings. The Balaban J connectivity index is 2.11. The molecule has 0 spiro atoms. The molecule has 1 fully saturated rings. The summed E-state index contributed by atoms with van der Waals surface area (Å²) in [4.78, 5) is 14.4. The number of hydrogen-bond acceptors (Lipinski definition) is 1. The molecule has 0 aliphatic heterocycles. The summed E-state index contributed by atoms with van der Waals surface area (Å²) in [6.45, 7) is 2.48. The van der Waals surface area contributed by atoms with Gasteiger partial charge in [0.05, 0.1) is 0 Å². The first-order chi connectivity index (χ1) is 10.1. The number of benzene rings is 1. The molecule has 1 aliphatic rings. The van der Waals surface area contributed by atoms with Crippen LogP contribution < -0.4 is 0 Å². The van der Waals surface area contributed by atoms with Crippen molar-refractivity contribution >= 4 is 29.1 Å². The van der Waals surface area contributed by atoms with Crippen LogP contribution in [0.5, 0.6) is 0 Å². The highest BCUT2D eigenvalue weighted by atomic mass is 35.5. The maximum atomic E-state index is 12.5. The molecule has 1 aromatic carbocycles. The van der Waals surface area contributed by atoms with Crippen LogP contribution in [0.25, 0.3) is 0 Å². The van der Waals surface area contributed by atoms with Crippen molar-refractivity contribution in [2.45, 2.75) is 50.6 Å². The minimum absolute atomic E-state index is 0.0457. The zero-order chi connectivity index (χ0) is 15.2. The van der Waals surface area contributed by atoms with Gasteiger partial charge in [-0.15, -0.1) is 11.6 Å². The van der Waals surface area contributed by atoms with E-state index in [4.69, 9.17) is 23.2 Å².